The average Bonchev–Trinajstić information content (AvgIpc) is 4.08. The Morgan fingerprint density at radius 2 is 0.949 bits per heavy atom. The summed E-state index contributed by atoms with van der Waals surface area (Å²) in [4.78, 5) is 0. The Balaban J connectivity index is 2.82. The van der Waals surface area contributed by atoms with Crippen molar-refractivity contribution < 1.29 is 32.3 Å². The predicted molar refractivity (Wildman–Crippen MR) is 261 cm³/mol. The van der Waals surface area contributed by atoms with Crippen LogP contribution in [0.2, 0.25) is 72.5 Å². The highest BCUT2D eigenvalue weighted by Crippen LogP contribution is 2.42. The number of aliphatic hydroxyl groups is 1. The molecule has 0 aliphatic carbocycles. The second-order valence-electron chi connectivity index (χ2n) is 18.6. The lowest BCUT2D eigenvalue weighted by molar-refractivity contribution is -0.0638. The van der Waals surface area contributed by atoms with Gasteiger partial charge in [0.1, 0.15) is 6.10 Å². The first kappa shape index (κ1) is 54.9. The summed E-state index contributed by atoms with van der Waals surface area (Å²) in [6.07, 6.45) is 0.601. The van der Waals surface area contributed by atoms with E-state index in [-0.39, 0.29) is 66.9 Å². The maximum absolute atomic E-state index is 10.1. The molecule has 1 heterocycles. The van der Waals surface area contributed by atoms with Crippen molar-refractivity contribution in [1.29, 1.82) is 0 Å². The van der Waals surface area contributed by atoms with Crippen molar-refractivity contribution in [3.8, 4) is 0 Å². The van der Waals surface area contributed by atoms with Crippen LogP contribution >= 0.6 is 0 Å². The molecule has 10 atom stereocenters. The quantitative estimate of drug-likeness (QED) is 0.0545. The third-order valence-corrected chi connectivity index (χ3v) is 34.5. The number of hydrogen-bond acceptors (Lipinski definition) is 7. The molecule has 2 rings (SSSR count). The van der Waals surface area contributed by atoms with Crippen molar-refractivity contribution in [2.75, 3.05) is 13.2 Å². The molecule has 1 aromatic rings. The molecule has 1 aliphatic rings. The highest BCUT2D eigenvalue weighted by atomic mass is 28.4. The van der Waals surface area contributed by atoms with E-state index in [1.54, 1.807) is 0 Å². The van der Waals surface area contributed by atoms with E-state index in [0.29, 0.717) is 13.2 Å². The molecule has 7 nitrogen and oxygen atoms in total. The molecule has 0 saturated carbocycles. The van der Waals surface area contributed by atoms with E-state index in [9.17, 15) is 5.11 Å². The molecular formula is C48H96O7Si4. The summed E-state index contributed by atoms with van der Waals surface area (Å²) >= 11 is 0. The minimum atomic E-state index is -2.10. The fourth-order valence-electron chi connectivity index (χ4n) is 10.0. The van der Waals surface area contributed by atoms with Gasteiger partial charge in [0.05, 0.1) is 50.3 Å². The maximum Gasteiger partial charge on any atom is 0.192 e. The van der Waals surface area contributed by atoms with E-state index < -0.39 is 33.3 Å². The molecule has 0 aromatic heterocycles. The number of benzene rings is 1. The second kappa shape index (κ2) is 26.6. The maximum atomic E-state index is 10.1. The van der Waals surface area contributed by atoms with Gasteiger partial charge in [-0.25, -0.2) is 0 Å². The van der Waals surface area contributed by atoms with E-state index in [0.717, 1.165) is 78.9 Å². The van der Waals surface area contributed by atoms with Crippen molar-refractivity contribution in [2.24, 2.45) is 23.7 Å². The molecule has 59 heavy (non-hydrogen) atoms. The Kier molecular flexibility index (Phi) is 24.7. The van der Waals surface area contributed by atoms with Gasteiger partial charge in [0.2, 0.25) is 0 Å². The highest BCUT2D eigenvalue weighted by Gasteiger charge is 2.50. The van der Waals surface area contributed by atoms with Gasteiger partial charge in [0.25, 0.3) is 0 Å². The summed E-state index contributed by atoms with van der Waals surface area (Å²) in [6.45, 7) is 39.1. The van der Waals surface area contributed by atoms with Gasteiger partial charge in [-0.05, 0) is 84.5 Å². The van der Waals surface area contributed by atoms with Crippen LogP contribution in [0, 0.1) is 23.7 Å². The number of aliphatic hydroxyl groups excluding tert-OH is 1. The second-order valence-corrected chi connectivity index (χ2v) is 37.5. The SMILES string of the molecule is CC[Si](CC)(CC)O[C@H]([C@@H](C)[C@@H](O[Si](CC)(CC)CC)[C@@H](C)COCc1ccccc1)[C@@H](C)[C@@H](C[C@H](O[Si](CC)(CC)CC)[C@H](C)[C@H]1O[C@@H]1CO)O[Si](CC)(CC)CC. The Morgan fingerprint density at radius 3 is 1.36 bits per heavy atom. The summed E-state index contributed by atoms with van der Waals surface area (Å²) in [5, 5.41) is 10.1. The van der Waals surface area contributed by atoms with Crippen LogP contribution in [0.25, 0.3) is 0 Å². The molecule has 1 fully saturated rings. The van der Waals surface area contributed by atoms with Crippen molar-refractivity contribution in [2.45, 2.75) is 233 Å². The van der Waals surface area contributed by atoms with Crippen LogP contribution in [0.1, 0.15) is 123 Å². The molecular weight excluding hydrogens is 801 g/mol. The zero-order chi connectivity index (χ0) is 44.4. The predicted octanol–water partition coefficient (Wildman–Crippen LogP) is 13.5. The molecule has 11 heteroatoms. The van der Waals surface area contributed by atoms with E-state index in [2.05, 4.69) is 141 Å². The third-order valence-electron chi connectivity index (χ3n) is 15.9. The summed E-state index contributed by atoms with van der Waals surface area (Å²) in [5.41, 5.74) is 1.20. The lowest BCUT2D eigenvalue weighted by Gasteiger charge is -2.48. The molecule has 1 saturated heterocycles. The van der Waals surface area contributed by atoms with Gasteiger partial charge in [-0.2, -0.15) is 0 Å². The van der Waals surface area contributed by atoms with Crippen LogP contribution in [0.3, 0.4) is 0 Å². The van der Waals surface area contributed by atoms with Crippen molar-refractivity contribution in [1.82, 2.24) is 0 Å². The molecule has 1 aliphatic heterocycles. The average molecular weight is 898 g/mol. The van der Waals surface area contributed by atoms with Crippen LogP contribution in [-0.4, -0.2) is 88.2 Å². The minimum Gasteiger partial charge on any atom is -0.413 e. The van der Waals surface area contributed by atoms with E-state index in [4.69, 9.17) is 27.2 Å². The molecule has 0 radical (unpaired) electrons. The van der Waals surface area contributed by atoms with E-state index in [1.165, 1.54) is 5.56 Å². The fourth-order valence-corrected chi connectivity index (χ4v) is 22.0. The van der Waals surface area contributed by atoms with Crippen molar-refractivity contribution in [3.05, 3.63) is 35.9 Å². The zero-order valence-corrected chi connectivity index (χ0v) is 45.4. The monoisotopic (exact) mass is 897 g/mol. The minimum absolute atomic E-state index is 0.00957. The van der Waals surface area contributed by atoms with Crippen molar-refractivity contribution in [3.63, 3.8) is 0 Å². The first-order valence-corrected chi connectivity index (χ1v) is 34.8. The van der Waals surface area contributed by atoms with Crippen LogP contribution in [-0.2, 0) is 33.8 Å². The van der Waals surface area contributed by atoms with Crippen LogP contribution in [0.5, 0.6) is 0 Å². The van der Waals surface area contributed by atoms with Crippen LogP contribution < -0.4 is 0 Å². The smallest absolute Gasteiger partial charge is 0.192 e. The zero-order valence-electron chi connectivity index (χ0n) is 41.4. The number of ether oxygens (including phenoxy) is 2. The van der Waals surface area contributed by atoms with Gasteiger partial charge in [0, 0.05) is 23.7 Å². The van der Waals surface area contributed by atoms with E-state index >= 15 is 0 Å². The van der Waals surface area contributed by atoms with Crippen LogP contribution in [0.4, 0.5) is 0 Å². The van der Waals surface area contributed by atoms with Gasteiger partial charge in [0.15, 0.2) is 33.3 Å². The normalized spacial score (nSPS) is 20.8. The molecule has 0 unspecified atom stereocenters. The first-order chi connectivity index (χ1) is 28.1. The summed E-state index contributed by atoms with van der Waals surface area (Å²) in [6, 6.07) is 23.7. The molecule has 0 spiro atoms. The van der Waals surface area contributed by atoms with Gasteiger partial charge in [-0.3, -0.25) is 0 Å². The molecule has 346 valence electrons. The number of hydrogen-bond donors (Lipinski definition) is 1. The third kappa shape index (κ3) is 14.9. The van der Waals surface area contributed by atoms with Crippen molar-refractivity contribution >= 4 is 33.3 Å². The van der Waals surface area contributed by atoms with Gasteiger partial charge >= 0.3 is 0 Å². The number of rotatable bonds is 34. The lowest BCUT2D eigenvalue weighted by Crippen LogP contribution is -2.55. The largest absolute Gasteiger partial charge is 0.413 e. The van der Waals surface area contributed by atoms with Crippen LogP contribution in [0.15, 0.2) is 30.3 Å². The first-order valence-electron chi connectivity index (χ1n) is 24.7. The molecule has 0 amide bonds. The Bertz CT molecular complexity index is 1210. The summed E-state index contributed by atoms with van der Waals surface area (Å²) in [7, 11) is -8.22. The van der Waals surface area contributed by atoms with Gasteiger partial charge < -0.3 is 32.3 Å². The topological polar surface area (TPSA) is 78.9 Å². The molecule has 1 aromatic carbocycles. The number of epoxide rings is 1. The lowest BCUT2D eigenvalue weighted by atomic mass is 9.80. The molecule has 1 N–H and O–H groups in total. The van der Waals surface area contributed by atoms with Gasteiger partial charge in [-0.15, -0.1) is 0 Å². The standard InChI is InChI=1S/C48H96O7Si4/c1-17-56(18-2,19-3)52-43(34-44(40(15)48-45(35-49)51-48)53-57(20-4,21-5)22-6)39(14)47(55-59(26-10,27-11)28-12)41(16)46(54-58(23-7,24-8)25-9)38(13)36-50-37-42-32-30-29-31-33-42/h29-33,38-41,43-49H,17-28,34-37H2,1-16H3/t38-,39-,40-,41-,43+,44-,45+,46-,47-,48+/m0/s1. The Morgan fingerprint density at radius 1 is 0.542 bits per heavy atom. The Labute approximate surface area is 369 Å². The Hall–Kier alpha value is -0.192. The molecule has 0 bridgehead atoms. The highest BCUT2D eigenvalue weighted by molar-refractivity contribution is 6.74. The van der Waals surface area contributed by atoms with E-state index in [1.807, 2.05) is 0 Å². The fraction of sp³-hybridized carbons (Fsp3) is 0.875. The summed E-state index contributed by atoms with van der Waals surface area (Å²) < 4.78 is 43.7. The van der Waals surface area contributed by atoms with Gasteiger partial charge in [-0.1, -0.05) is 141 Å². The summed E-state index contributed by atoms with van der Waals surface area (Å²) in [5.74, 6) is 0.565.